The molecule has 0 aliphatic rings. The smallest absolute Gasteiger partial charge is 0.119 e. The molecule has 0 aliphatic heterocycles. The first-order valence-electron chi connectivity index (χ1n) is 11.7. The van der Waals surface area contributed by atoms with E-state index in [1.165, 1.54) is 86.4 Å². The molecular formula is C26H42ClNO. The SMILES string of the molecule is CC[N+](CC)(CC)CCCCCCCCCCOc1ccc2ccccc2c1.[Cl-]. The van der Waals surface area contributed by atoms with Crippen LogP contribution in [0.1, 0.15) is 72.1 Å². The van der Waals surface area contributed by atoms with E-state index in [0.29, 0.717) is 0 Å². The Morgan fingerprint density at radius 2 is 1.21 bits per heavy atom. The lowest BCUT2D eigenvalue weighted by Crippen LogP contribution is -3.00. The molecule has 0 spiro atoms. The summed E-state index contributed by atoms with van der Waals surface area (Å²) in [5.41, 5.74) is 0. The lowest BCUT2D eigenvalue weighted by atomic mass is 10.1. The number of benzene rings is 2. The molecule has 0 amide bonds. The summed E-state index contributed by atoms with van der Waals surface area (Å²) in [5.74, 6) is 0.999. The number of ether oxygens (including phenoxy) is 1. The van der Waals surface area contributed by atoms with Crippen LogP contribution in [0.3, 0.4) is 0 Å². The number of nitrogens with zero attached hydrogens (tertiary/aromatic N) is 1. The van der Waals surface area contributed by atoms with Gasteiger partial charge in [0.05, 0.1) is 32.8 Å². The van der Waals surface area contributed by atoms with Gasteiger partial charge in [0.15, 0.2) is 0 Å². The lowest BCUT2D eigenvalue weighted by Gasteiger charge is -2.35. The molecule has 3 heteroatoms. The van der Waals surface area contributed by atoms with Gasteiger partial charge in [0.1, 0.15) is 5.75 Å². The first kappa shape index (κ1) is 25.8. The fourth-order valence-electron chi connectivity index (χ4n) is 4.20. The summed E-state index contributed by atoms with van der Waals surface area (Å²) < 4.78 is 7.24. The first-order chi connectivity index (χ1) is 13.7. The van der Waals surface area contributed by atoms with Gasteiger partial charge in [0.2, 0.25) is 0 Å². The van der Waals surface area contributed by atoms with Gasteiger partial charge in [0, 0.05) is 0 Å². The number of hydrogen-bond acceptors (Lipinski definition) is 1. The monoisotopic (exact) mass is 419 g/mol. The Bertz CT molecular complexity index is 660. The van der Waals surface area contributed by atoms with Crippen molar-refractivity contribution in [1.82, 2.24) is 0 Å². The average molecular weight is 420 g/mol. The van der Waals surface area contributed by atoms with Crippen LogP contribution in [0.2, 0.25) is 0 Å². The maximum absolute atomic E-state index is 5.94. The minimum Gasteiger partial charge on any atom is -1.00 e. The Balaban J connectivity index is 0.00000420. The molecule has 0 bridgehead atoms. The van der Waals surface area contributed by atoms with Crippen LogP contribution < -0.4 is 17.1 Å². The van der Waals surface area contributed by atoms with Crippen molar-refractivity contribution in [3.63, 3.8) is 0 Å². The predicted octanol–water partition coefficient (Wildman–Crippen LogP) is 4.22. The minimum absolute atomic E-state index is 0. The predicted molar refractivity (Wildman–Crippen MR) is 123 cm³/mol. The number of quaternary nitrogens is 1. The highest BCUT2D eigenvalue weighted by atomic mass is 35.5. The third kappa shape index (κ3) is 8.97. The minimum atomic E-state index is 0. The van der Waals surface area contributed by atoms with E-state index in [2.05, 4.69) is 63.2 Å². The highest BCUT2D eigenvalue weighted by molar-refractivity contribution is 5.83. The Labute approximate surface area is 185 Å². The van der Waals surface area contributed by atoms with E-state index in [1.54, 1.807) is 0 Å². The zero-order valence-corrected chi connectivity index (χ0v) is 19.7. The average Bonchev–Trinajstić information content (AvgIpc) is 2.75. The summed E-state index contributed by atoms with van der Waals surface area (Å²) in [5, 5.41) is 2.53. The molecule has 0 N–H and O–H groups in total. The van der Waals surface area contributed by atoms with E-state index in [9.17, 15) is 0 Å². The maximum Gasteiger partial charge on any atom is 0.119 e. The summed E-state index contributed by atoms with van der Waals surface area (Å²) in [6.07, 6.45) is 10.8. The van der Waals surface area contributed by atoms with Gasteiger partial charge in [-0.05, 0) is 62.9 Å². The molecule has 0 radical (unpaired) electrons. The van der Waals surface area contributed by atoms with Crippen LogP contribution in [0.4, 0.5) is 0 Å². The van der Waals surface area contributed by atoms with Crippen molar-refractivity contribution < 1.29 is 21.6 Å². The third-order valence-corrected chi connectivity index (χ3v) is 6.53. The number of halogens is 1. The van der Waals surface area contributed by atoms with Gasteiger partial charge in [-0.1, -0.05) is 62.4 Å². The summed E-state index contributed by atoms with van der Waals surface area (Å²) in [6.45, 7) is 13.1. The second-order valence-corrected chi connectivity index (χ2v) is 8.20. The molecule has 0 fully saturated rings. The molecule has 29 heavy (non-hydrogen) atoms. The molecule has 164 valence electrons. The van der Waals surface area contributed by atoms with E-state index in [0.717, 1.165) is 18.8 Å². The van der Waals surface area contributed by atoms with E-state index in [1.807, 2.05) is 0 Å². The number of rotatable bonds is 15. The molecule has 0 saturated carbocycles. The van der Waals surface area contributed by atoms with Gasteiger partial charge < -0.3 is 21.6 Å². The van der Waals surface area contributed by atoms with Gasteiger partial charge in [-0.3, -0.25) is 0 Å². The topological polar surface area (TPSA) is 9.23 Å². The quantitative estimate of drug-likeness (QED) is 0.310. The van der Waals surface area contributed by atoms with E-state index in [4.69, 9.17) is 4.74 Å². The second-order valence-electron chi connectivity index (χ2n) is 8.20. The summed E-state index contributed by atoms with van der Waals surface area (Å²) in [4.78, 5) is 0. The molecule has 0 saturated heterocycles. The van der Waals surface area contributed by atoms with Crippen LogP contribution >= 0.6 is 0 Å². The van der Waals surface area contributed by atoms with Gasteiger partial charge in [-0.2, -0.15) is 0 Å². The molecular weight excluding hydrogens is 378 g/mol. The van der Waals surface area contributed by atoms with Crippen molar-refractivity contribution in [3.05, 3.63) is 42.5 Å². The van der Waals surface area contributed by atoms with Crippen LogP contribution in [-0.4, -0.2) is 37.3 Å². The summed E-state index contributed by atoms with van der Waals surface area (Å²) in [7, 11) is 0. The zero-order chi connectivity index (χ0) is 20.1. The van der Waals surface area contributed by atoms with Crippen LogP contribution in [0, 0.1) is 0 Å². The van der Waals surface area contributed by atoms with Crippen molar-refractivity contribution in [3.8, 4) is 5.75 Å². The van der Waals surface area contributed by atoms with Crippen molar-refractivity contribution in [2.75, 3.05) is 32.8 Å². The van der Waals surface area contributed by atoms with Crippen molar-refractivity contribution in [1.29, 1.82) is 0 Å². The Morgan fingerprint density at radius 1 is 0.655 bits per heavy atom. The van der Waals surface area contributed by atoms with E-state index >= 15 is 0 Å². The largest absolute Gasteiger partial charge is 1.00 e. The number of hydrogen-bond donors (Lipinski definition) is 0. The Morgan fingerprint density at radius 3 is 1.83 bits per heavy atom. The second kappa shape index (κ2) is 14.7. The summed E-state index contributed by atoms with van der Waals surface area (Å²) >= 11 is 0. The molecule has 0 aliphatic carbocycles. The normalized spacial score (nSPS) is 11.4. The van der Waals surface area contributed by atoms with E-state index in [-0.39, 0.29) is 12.4 Å². The zero-order valence-electron chi connectivity index (χ0n) is 19.0. The van der Waals surface area contributed by atoms with Crippen LogP contribution in [0.25, 0.3) is 10.8 Å². The molecule has 0 aromatic heterocycles. The van der Waals surface area contributed by atoms with Crippen molar-refractivity contribution >= 4 is 10.8 Å². The maximum atomic E-state index is 5.94. The highest BCUT2D eigenvalue weighted by Crippen LogP contribution is 2.21. The van der Waals surface area contributed by atoms with Crippen molar-refractivity contribution in [2.45, 2.75) is 72.1 Å². The van der Waals surface area contributed by atoms with Gasteiger partial charge >= 0.3 is 0 Å². The highest BCUT2D eigenvalue weighted by Gasteiger charge is 2.19. The molecule has 0 atom stereocenters. The third-order valence-electron chi connectivity index (χ3n) is 6.53. The van der Waals surface area contributed by atoms with Crippen LogP contribution in [0.5, 0.6) is 5.75 Å². The lowest BCUT2D eigenvalue weighted by molar-refractivity contribution is -0.923. The number of fused-ring (bicyclic) bond motifs is 1. The first-order valence-corrected chi connectivity index (χ1v) is 11.7. The number of unbranched alkanes of at least 4 members (excludes halogenated alkanes) is 7. The molecule has 2 rings (SSSR count). The van der Waals surface area contributed by atoms with Gasteiger partial charge in [-0.15, -0.1) is 0 Å². The standard InChI is InChI=1S/C26H42NO.ClH/c1-4-27(5-2,6-3)21-15-11-9-7-8-10-12-16-22-28-26-20-19-24-17-13-14-18-25(24)23-26;/h13-14,17-20,23H,4-12,15-16,21-22H2,1-3H3;1H/q+1;/p-1. The molecule has 0 unspecified atom stereocenters. The molecule has 2 nitrogen and oxygen atoms in total. The fraction of sp³-hybridized carbons (Fsp3) is 0.615. The Kier molecular flexibility index (Phi) is 13.1. The van der Waals surface area contributed by atoms with E-state index < -0.39 is 0 Å². The Hall–Kier alpha value is -1.25. The fourth-order valence-corrected chi connectivity index (χ4v) is 4.20. The van der Waals surface area contributed by atoms with Crippen molar-refractivity contribution in [2.24, 2.45) is 0 Å². The van der Waals surface area contributed by atoms with Crippen LogP contribution in [0.15, 0.2) is 42.5 Å². The molecule has 2 aromatic carbocycles. The molecule has 0 heterocycles. The van der Waals surface area contributed by atoms with Gasteiger partial charge in [0.25, 0.3) is 0 Å². The van der Waals surface area contributed by atoms with Gasteiger partial charge in [-0.25, -0.2) is 0 Å². The summed E-state index contributed by atoms with van der Waals surface area (Å²) in [6, 6.07) is 14.8. The van der Waals surface area contributed by atoms with Crippen LogP contribution in [-0.2, 0) is 0 Å². The molecule has 2 aromatic rings.